The van der Waals surface area contributed by atoms with Crippen LogP contribution in [0.5, 0.6) is 0 Å². The molecule has 0 amide bonds. The van der Waals surface area contributed by atoms with Gasteiger partial charge in [-0.1, -0.05) is 13.3 Å². The number of unbranched alkanes of at least 4 members (excludes halogenated alkanes) is 1. The lowest BCUT2D eigenvalue weighted by Gasteiger charge is -2.20. The van der Waals surface area contributed by atoms with E-state index >= 15 is 0 Å². The first kappa shape index (κ1) is 13.6. The van der Waals surface area contributed by atoms with Gasteiger partial charge in [-0.15, -0.1) is 0 Å². The number of hydrogen-bond acceptors (Lipinski definition) is 4. The van der Waals surface area contributed by atoms with Crippen molar-refractivity contribution >= 4 is 16.8 Å². The Morgan fingerprint density at radius 1 is 1.44 bits per heavy atom. The van der Waals surface area contributed by atoms with E-state index < -0.39 is 10.8 Å². The minimum atomic E-state index is -1.10. The Balaban J connectivity index is 2.19. The average molecular weight is 248 g/mol. The quantitative estimate of drug-likeness (QED) is 0.524. The number of carbonyl (C=O) groups is 1. The van der Waals surface area contributed by atoms with Crippen LogP contribution >= 0.6 is 0 Å². The summed E-state index contributed by atoms with van der Waals surface area (Å²) in [7, 11) is -1.10. The molecule has 1 rings (SSSR count). The van der Waals surface area contributed by atoms with Gasteiger partial charge in [-0.05, 0) is 19.3 Å². The molecule has 0 N–H and O–H groups in total. The summed E-state index contributed by atoms with van der Waals surface area (Å²) in [6.07, 6.45) is 3.44. The molecule has 1 aliphatic heterocycles. The first-order chi connectivity index (χ1) is 7.74. The fourth-order valence-electron chi connectivity index (χ4n) is 1.54. The summed E-state index contributed by atoms with van der Waals surface area (Å²) in [5.41, 5.74) is 0. The third kappa shape index (κ3) is 5.07. The Bertz CT molecular complexity index is 236. The van der Waals surface area contributed by atoms with Gasteiger partial charge in [-0.3, -0.25) is 9.00 Å². The summed E-state index contributed by atoms with van der Waals surface area (Å²) in [4.78, 5) is 11.3. The van der Waals surface area contributed by atoms with Crippen LogP contribution in [-0.2, 0) is 25.1 Å². The lowest BCUT2D eigenvalue weighted by Crippen LogP contribution is -2.29. The van der Waals surface area contributed by atoms with Crippen LogP contribution in [0.3, 0.4) is 0 Å². The molecular formula is C11H20O4S. The maximum Gasteiger partial charge on any atom is 0.318 e. The molecule has 5 heteroatoms. The highest BCUT2D eigenvalue weighted by atomic mass is 32.2. The Morgan fingerprint density at radius 2 is 2.12 bits per heavy atom. The van der Waals surface area contributed by atoms with Crippen LogP contribution in [0.4, 0.5) is 0 Å². The van der Waals surface area contributed by atoms with Crippen molar-refractivity contribution in [3.63, 3.8) is 0 Å². The molecule has 1 atom stereocenters. The molecule has 1 saturated heterocycles. The maximum absolute atomic E-state index is 11.8. The van der Waals surface area contributed by atoms with Crippen molar-refractivity contribution in [2.45, 2.75) is 37.9 Å². The summed E-state index contributed by atoms with van der Waals surface area (Å²) < 4.78 is 22.0. The molecule has 1 unspecified atom stereocenters. The van der Waals surface area contributed by atoms with E-state index in [1.54, 1.807) is 0 Å². The van der Waals surface area contributed by atoms with E-state index in [0.29, 0.717) is 19.8 Å². The highest BCUT2D eigenvalue weighted by Crippen LogP contribution is 2.13. The van der Waals surface area contributed by atoms with E-state index in [4.69, 9.17) is 9.47 Å². The molecule has 1 fully saturated rings. The number of ether oxygens (including phenoxy) is 2. The Labute approximate surface area is 99.1 Å². The summed E-state index contributed by atoms with van der Waals surface area (Å²) in [6.45, 7) is 3.79. The van der Waals surface area contributed by atoms with Gasteiger partial charge >= 0.3 is 5.97 Å². The predicted molar refractivity (Wildman–Crippen MR) is 62.7 cm³/mol. The number of hydrogen-bond donors (Lipinski definition) is 0. The molecule has 0 aromatic carbocycles. The third-order valence-corrected chi connectivity index (χ3v) is 4.30. The van der Waals surface area contributed by atoms with Crippen molar-refractivity contribution in [2.24, 2.45) is 0 Å². The predicted octanol–water partition coefficient (Wildman–Crippen LogP) is 1.26. The van der Waals surface area contributed by atoms with Crippen LogP contribution in [0.2, 0.25) is 0 Å². The van der Waals surface area contributed by atoms with E-state index in [9.17, 15) is 9.00 Å². The van der Waals surface area contributed by atoms with Crippen LogP contribution < -0.4 is 0 Å². The van der Waals surface area contributed by atoms with Crippen LogP contribution in [0.15, 0.2) is 0 Å². The Morgan fingerprint density at radius 3 is 2.75 bits per heavy atom. The van der Waals surface area contributed by atoms with E-state index in [0.717, 1.165) is 25.7 Å². The molecule has 0 aromatic rings. The van der Waals surface area contributed by atoms with Gasteiger partial charge in [0.25, 0.3) is 0 Å². The summed E-state index contributed by atoms with van der Waals surface area (Å²) in [5, 5.41) is 0.104. The zero-order valence-corrected chi connectivity index (χ0v) is 10.6. The largest absolute Gasteiger partial charge is 0.465 e. The van der Waals surface area contributed by atoms with Crippen molar-refractivity contribution < 1.29 is 18.5 Å². The average Bonchev–Trinajstić information content (AvgIpc) is 2.30. The van der Waals surface area contributed by atoms with Crippen molar-refractivity contribution in [1.29, 1.82) is 0 Å². The second-order valence-corrected chi connectivity index (χ2v) is 5.63. The van der Waals surface area contributed by atoms with E-state index in [2.05, 4.69) is 0 Å². The summed E-state index contributed by atoms with van der Waals surface area (Å²) >= 11 is 0. The first-order valence-electron chi connectivity index (χ1n) is 5.84. The van der Waals surface area contributed by atoms with Gasteiger partial charge < -0.3 is 9.47 Å². The highest BCUT2D eigenvalue weighted by Gasteiger charge is 2.22. The SMILES string of the molecule is CCCCOC(=O)CS(=O)C1CCOCC1. The number of rotatable bonds is 6. The first-order valence-corrected chi connectivity index (χ1v) is 7.22. The fourth-order valence-corrected chi connectivity index (χ4v) is 2.81. The third-order valence-electron chi connectivity index (χ3n) is 2.56. The Hall–Kier alpha value is -0.420. The van der Waals surface area contributed by atoms with E-state index in [-0.39, 0.29) is 17.0 Å². The standard InChI is InChI=1S/C11H20O4S/c1-2-3-6-15-11(12)9-16(13)10-4-7-14-8-5-10/h10H,2-9H2,1H3. The molecule has 4 nitrogen and oxygen atoms in total. The molecule has 0 aromatic heterocycles. The van der Waals surface area contributed by atoms with Crippen molar-refractivity contribution in [3.05, 3.63) is 0 Å². The zero-order chi connectivity index (χ0) is 11.8. The fraction of sp³-hybridized carbons (Fsp3) is 0.909. The molecule has 0 aliphatic carbocycles. The van der Waals surface area contributed by atoms with Crippen LogP contribution in [-0.4, -0.2) is 41.0 Å². The van der Waals surface area contributed by atoms with Crippen LogP contribution in [0, 0.1) is 0 Å². The second kappa shape index (κ2) is 7.79. The minimum Gasteiger partial charge on any atom is -0.465 e. The lowest BCUT2D eigenvalue weighted by molar-refractivity contribution is -0.140. The minimum absolute atomic E-state index is 0.0361. The molecule has 1 aliphatic rings. The van der Waals surface area contributed by atoms with Crippen molar-refractivity contribution in [3.8, 4) is 0 Å². The number of esters is 1. The summed E-state index contributed by atoms with van der Waals surface area (Å²) in [6, 6.07) is 0. The van der Waals surface area contributed by atoms with Crippen LogP contribution in [0.25, 0.3) is 0 Å². The highest BCUT2D eigenvalue weighted by molar-refractivity contribution is 7.86. The van der Waals surface area contributed by atoms with Gasteiger partial charge in [0.05, 0.1) is 6.61 Å². The molecule has 0 spiro atoms. The molecule has 1 heterocycles. The Kier molecular flexibility index (Phi) is 6.64. The number of carbonyl (C=O) groups excluding carboxylic acids is 1. The van der Waals surface area contributed by atoms with Gasteiger partial charge in [0, 0.05) is 29.3 Å². The molecule has 0 saturated carbocycles. The van der Waals surface area contributed by atoms with Gasteiger partial charge in [-0.2, -0.15) is 0 Å². The van der Waals surface area contributed by atoms with Crippen molar-refractivity contribution in [2.75, 3.05) is 25.6 Å². The van der Waals surface area contributed by atoms with Gasteiger partial charge in [0.1, 0.15) is 5.75 Å². The van der Waals surface area contributed by atoms with E-state index in [1.807, 2.05) is 6.92 Å². The van der Waals surface area contributed by atoms with Crippen molar-refractivity contribution in [1.82, 2.24) is 0 Å². The van der Waals surface area contributed by atoms with Gasteiger partial charge in [-0.25, -0.2) is 0 Å². The molecule has 94 valence electrons. The second-order valence-electron chi connectivity index (χ2n) is 3.91. The monoisotopic (exact) mass is 248 g/mol. The molecule has 16 heavy (non-hydrogen) atoms. The smallest absolute Gasteiger partial charge is 0.318 e. The van der Waals surface area contributed by atoms with E-state index in [1.165, 1.54) is 0 Å². The lowest BCUT2D eigenvalue weighted by atomic mass is 10.2. The maximum atomic E-state index is 11.8. The van der Waals surface area contributed by atoms with Gasteiger partial charge in [0.15, 0.2) is 0 Å². The molecular weight excluding hydrogens is 228 g/mol. The normalized spacial score (nSPS) is 19.3. The van der Waals surface area contributed by atoms with Gasteiger partial charge in [0.2, 0.25) is 0 Å². The molecule has 0 radical (unpaired) electrons. The molecule has 0 bridgehead atoms. The van der Waals surface area contributed by atoms with Crippen LogP contribution in [0.1, 0.15) is 32.6 Å². The zero-order valence-electron chi connectivity index (χ0n) is 9.78. The topological polar surface area (TPSA) is 52.6 Å². The summed E-state index contributed by atoms with van der Waals surface area (Å²) in [5.74, 6) is -0.299.